The van der Waals surface area contributed by atoms with Gasteiger partial charge >= 0.3 is 5.97 Å². The molecule has 1 atom stereocenters. The molecule has 0 fully saturated rings. The maximum absolute atomic E-state index is 12.4. The van der Waals surface area contributed by atoms with E-state index in [9.17, 15) is 10.1 Å². The summed E-state index contributed by atoms with van der Waals surface area (Å²) in [5.41, 5.74) is 9.09. The van der Waals surface area contributed by atoms with E-state index in [0.29, 0.717) is 23.7 Å². The van der Waals surface area contributed by atoms with E-state index in [1.807, 2.05) is 31.2 Å². The topological polar surface area (TPSA) is 104 Å². The molecule has 1 aliphatic heterocycles. The first-order chi connectivity index (χ1) is 14.9. The van der Waals surface area contributed by atoms with Crippen LogP contribution < -0.4 is 15.2 Å². The predicted molar refractivity (Wildman–Crippen MR) is 114 cm³/mol. The first kappa shape index (κ1) is 21.8. The largest absolute Gasteiger partial charge is 0.493 e. The number of nitrogens with two attached hydrogens (primary N) is 1. The number of hydrogen-bond acceptors (Lipinski definition) is 7. The van der Waals surface area contributed by atoms with Crippen LogP contribution in [0, 0.1) is 18.3 Å². The molecule has 0 saturated carbocycles. The van der Waals surface area contributed by atoms with Gasteiger partial charge in [-0.3, -0.25) is 0 Å². The SMILES string of the molecule is COC(=O)C1=C(C)OC(N)=C(C#N)[C@H]1c1ccc(OCc2ccc(C)cc2)c(OC)c1. The average Bonchev–Trinajstić information content (AvgIpc) is 2.77. The number of nitrogens with zero attached hydrogens (tertiary/aromatic N) is 1. The molecule has 2 N–H and O–H groups in total. The number of esters is 1. The van der Waals surface area contributed by atoms with Crippen molar-refractivity contribution in [2.24, 2.45) is 5.73 Å². The fraction of sp³-hybridized carbons (Fsp3) is 0.250. The highest BCUT2D eigenvalue weighted by molar-refractivity contribution is 5.92. The smallest absolute Gasteiger partial charge is 0.338 e. The molecule has 7 heteroatoms. The molecule has 0 aliphatic carbocycles. The fourth-order valence-electron chi connectivity index (χ4n) is 3.42. The summed E-state index contributed by atoms with van der Waals surface area (Å²) in [6, 6.07) is 15.3. The van der Waals surface area contributed by atoms with Crippen molar-refractivity contribution in [3.8, 4) is 17.6 Å². The Bertz CT molecular complexity index is 1090. The number of allylic oxidation sites excluding steroid dienone is 2. The van der Waals surface area contributed by atoms with Crippen LogP contribution in [0.4, 0.5) is 0 Å². The van der Waals surface area contributed by atoms with Gasteiger partial charge in [-0.1, -0.05) is 35.9 Å². The zero-order chi connectivity index (χ0) is 22.5. The molecule has 0 spiro atoms. The number of nitriles is 1. The van der Waals surface area contributed by atoms with Crippen molar-refractivity contribution in [1.29, 1.82) is 5.26 Å². The number of ether oxygens (including phenoxy) is 4. The summed E-state index contributed by atoms with van der Waals surface area (Å²) in [6.07, 6.45) is 0. The third-order valence-corrected chi connectivity index (χ3v) is 5.05. The van der Waals surface area contributed by atoms with Crippen molar-refractivity contribution in [2.75, 3.05) is 14.2 Å². The molecule has 2 aromatic rings. The van der Waals surface area contributed by atoms with Gasteiger partial charge < -0.3 is 24.7 Å². The Morgan fingerprint density at radius 2 is 1.84 bits per heavy atom. The van der Waals surface area contributed by atoms with Crippen molar-refractivity contribution >= 4 is 5.97 Å². The second-order valence-corrected chi connectivity index (χ2v) is 7.07. The van der Waals surface area contributed by atoms with Crippen LogP contribution >= 0.6 is 0 Å². The lowest BCUT2D eigenvalue weighted by atomic mass is 9.83. The molecule has 0 amide bonds. The highest BCUT2D eigenvalue weighted by Crippen LogP contribution is 2.42. The maximum atomic E-state index is 12.4. The minimum absolute atomic E-state index is 0.0451. The summed E-state index contributed by atoms with van der Waals surface area (Å²) >= 11 is 0. The van der Waals surface area contributed by atoms with Crippen LogP contribution in [0.3, 0.4) is 0 Å². The first-order valence-electron chi connectivity index (χ1n) is 9.62. The number of aryl methyl sites for hydroxylation is 1. The second-order valence-electron chi connectivity index (χ2n) is 7.07. The molecule has 0 aromatic heterocycles. The average molecular weight is 420 g/mol. The van der Waals surface area contributed by atoms with Crippen molar-refractivity contribution in [1.82, 2.24) is 0 Å². The van der Waals surface area contributed by atoms with Crippen LogP contribution in [0.25, 0.3) is 0 Å². The van der Waals surface area contributed by atoms with Crippen molar-refractivity contribution in [2.45, 2.75) is 26.4 Å². The molecule has 7 nitrogen and oxygen atoms in total. The van der Waals surface area contributed by atoms with Crippen LogP contribution in [0.5, 0.6) is 11.5 Å². The summed E-state index contributed by atoms with van der Waals surface area (Å²) in [5, 5.41) is 9.66. The highest BCUT2D eigenvalue weighted by Gasteiger charge is 2.36. The number of carbonyl (C=O) groups is 1. The fourth-order valence-corrected chi connectivity index (χ4v) is 3.42. The normalized spacial score (nSPS) is 15.8. The van der Waals surface area contributed by atoms with Crippen LogP contribution in [-0.2, 0) is 20.9 Å². The van der Waals surface area contributed by atoms with Crippen LogP contribution in [0.2, 0.25) is 0 Å². The standard InChI is InChI=1S/C24H24N2O5/c1-14-5-7-16(8-6-14)13-30-19-10-9-17(11-20(19)28-3)22-18(12-25)23(26)31-15(2)21(22)24(27)29-4/h5-11,22H,13,26H2,1-4H3/t22-/m1/s1. The lowest BCUT2D eigenvalue weighted by Gasteiger charge is -2.27. The van der Waals surface area contributed by atoms with Crippen LogP contribution in [-0.4, -0.2) is 20.2 Å². The Morgan fingerprint density at radius 3 is 2.45 bits per heavy atom. The molecule has 31 heavy (non-hydrogen) atoms. The lowest BCUT2D eigenvalue weighted by Crippen LogP contribution is -2.25. The Labute approximate surface area is 181 Å². The van der Waals surface area contributed by atoms with Gasteiger partial charge in [0.05, 0.1) is 25.7 Å². The molecule has 1 aliphatic rings. The summed E-state index contributed by atoms with van der Waals surface area (Å²) in [4.78, 5) is 12.4. The highest BCUT2D eigenvalue weighted by atomic mass is 16.5. The van der Waals surface area contributed by atoms with Gasteiger partial charge in [0, 0.05) is 0 Å². The van der Waals surface area contributed by atoms with Crippen molar-refractivity contribution in [3.63, 3.8) is 0 Å². The molecule has 1 heterocycles. The van der Waals surface area contributed by atoms with Gasteiger partial charge in [-0.05, 0) is 37.1 Å². The van der Waals surface area contributed by atoms with Gasteiger partial charge in [0.1, 0.15) is 24.0 Å². The molecule has 0 saturated heterocycles. The summed E-state index contributed by atoms with van der Waals surface area (Å²) in [7, 11) is 2.80. The number of rotatable bonds is 6. The second kappa shape index (κ2) is 9.26. The van der Waals surface area contributed by atoms with Gasteiger partial charge in [0.2, 0.25) is 5.88 Å². The van der Waals surface area contributed by atoms with Crippen LogP contribution in [0.1, 0.15) is 29.5 Å². The molecule has 0 unspecified atom stereocenters. The minimum Gasteiger partial charge on any atom is -0.493 e. The zero-order valence-corrected chi connectivity index (χ0v) is 17.9. The van der Waals surface area contributed by atoms with Gasteiger partial charge in [0.15, 0.2) is 11.5 Å². The van der Waals surface area contributed by atoms with Gasteiger partial charge in [-0.15, -0.1) is 0 Å². The first-order valence-corrected chi connectivity index (χ1v) is 9.62. The van der Waals surface area contributed by atoms with E-state index in [2.05, 4.69) is 6.07 Å². The number of benzene rings is 2. The zero-order valence-electron chi connectivity index (χ0n) is 17.9. The molecule has 160 valence electrons. The van der Waals surface area contributed by atoms with Crippen LogP contribution in [0.15, 0.2) is 65.3 Å². The number of hydrogen-bond donors (Lipinski definition) is 1. The molecule has 0 bridgehead atoms. The number of methoxy groups -OCH3 is 2. The van der Waals surface area contributed by atoms with E-state index in [4.69, 9.17) is 24.7 Å². The van der Waals surface area contributed by atoms with Gasteiger partial charge in [-0.25, -0.2) is 4.79 Å². The Balaban J connectivity index is 1.97. The van der Waals surface area contributed by atoms with E-state index in [-0.39, 0.29) is 22.8 Å². The Morgan fingerprint density at radius 1 is 1.13 bits per heavy atom. The predicted octanol–water partition coefficient (Wildman–Crippen LogP) is 3.84. The van der Waals surface area contributed by atoms with Crippen molar-refractivity contribution < 1.29 is 23.7 Å². The summed E-state index contributed by atoms with van der Waals surface area (Å²) in [6.45, 7) is 4.00. The lowest BCUT2D eigenvalue weighted by molar-refractivity contribution is -0.136. The molecule has 2 aromatic carbocycles. The third kappa shape index (κ3) is 4.48. The third-order valence-electron chi connectivity index (χ3n) is 5.05. The molecular formula is C24H24N2O5. The molecular weight excluding hydrogens is 396 g/mol. The monoisotopic (exact) mass is 420 g/mol. The summed E-state index contributed by atoms with van der Waals surface area (Å²) < 4.78 is 21.8. The van der Waals surface area contributed by atoms with Gasteiger partial charge in [-0.2, -0.15) is 5.26 Å². The van der Waals surface area contributed by atoms with E-state index < -0.39 is 11.9 Å². The quantitative estimate of drug-likeness (QED) is 0.708. The van der Waals surface area contributed by atoms with Crippen molar-refractivity contribution in [3.05, 3.63) is 81.9 Å². The van der Waals surface area contributed by atoms with E-state index >= 15 is 0 Å². The number of carbonyl (C=O) groups excluding carboxylic acids is 1. The van der Waals surface area contributed by atoms with E-state index in [1.165, 1.54) is 19.8 Å². The van der Waals surface area contributed by atoms with E-state index in [0.717, 1.165) is 5.56 Å². The van der Waals surface area contributed by atoms with Gasteiger partial charge in [0.25, 0.3) is 0 Å². The molecule has 3 rings (SSSR count). The Kier molecular flexibility index (Phi) is 6.51. The Hall–Kier alpha value is -3.92. The summed E-state index contributed by atoms with van der Waals surface area (Å²) in [5.74, 6) is -0.0977. The van der Waals surface area contributed by atoms with E-state index in [1.54, 1.807) is 25.1 Å². The maximum Gasteiger partial charge on any atom is 0.338 e. The minimum atomic E-state index is -0.744. The molecule has 0 radical (unpaired) electrons.